The minimum absolute atomic E-state index is 0.0312. The number of carbonyl (C=O) groups is 3. The van der Waals surface area contributed by atoms with E-state index in [0.717, 1.165) is 17.3 Å². The van der Waals surface area contributed by atoms with Crippen LogP contribution in [0.3, 0.4) is 0 Å². The van der Waals surface area contributed by atoms with Gasteiger partial charge in [0.25, 0.3) is 5.91 Å². The molecule has 0 spiro atoms. The third-order valence-electron chi connectivity index (χ3n) is 5.56. The molecule has 0 aliphatic carbocycles. The molecular weight excluding hydrogens is 372 g/mol. The van der Waals surface area contributed by atoms with E-state index in [1.165, 1.54) is 7.11 Å². The number of esters is 1. The minimum Gasteiger partial charge on any atom is -0.467 e. The molecule has 0 radical (unpaired) electrons. The number of aromatic amines is 1. The molecule has 8 heteroatoms. The van der Waals surface area contributed by atoms with Crippen LogP contribution in [0.1, 0.15) is 30.8 Å². The highest BCUT2D eigenvalue weighted by molar-refractivity contribution is 5.98. The summed E-state index contributed by atoms with van der Waals surface area (Å²) in [5, 5.41) is 3.78. The second-order valence-corrected chi connectivity index (χ2v) is 7.39. The van der Waals surface area contributed by atoms with E-state index in [1.807, 2.05) is 44.2 Å². The van der Waals surface area contributed by atoms with Crippen molar-refractivity contribution in [3.63, 3.8) is 0 Å². The molecular formula is C21H28N4O4. The minimum atomic E-state index is -0.677. The number of piperazine rings is 1. The van der Waals surface area contributed by atoms with Gasteiger partial charge in [-0.3, -0.25) is 4.79 Å². The Morgan fingerprint density at radius 1 is 1.14 bits per heavy atom. The second-order valence-electron chi connectivity index (χ2n) is 7.39. The molecule has 3 amide bonds. The fraction of sp³-hybridized carbons (Fsp3) is 0.476. The Morgan fingerprint density at radius 3 is 2.41 bits per heavy atom. The van der Waals surface area contributed by atoms with Crippen LogP contribution in [0.2, 0.25) is 0 Å². The molecule has 1 aromatic heterocycles. The first-order valence-electron chi connectivity index (χ1n) is 9.94. The van der Waals surface area contributed by atoms with Gasteiger partial charge >= 0.3 is 12.0 Å². The number of urea groups is 1. The maximum absolute atomic E-state index is 12.8. The van der Waals surface area contributed by atoms with Gasteiger partial charge < -0.3 is 24.8 Å². The molecule has 1 saturated heterocycles. The first-order chi connectivity index (χ1) is 13.9. The molecule has 2 heterocycles. The number of aromatic nitrogens is 1. The van der Waals surface area contributed by atoms with Crippen molar-refractivity contribution >= 4 is 28.8 Å². The number of ether oxygens (including phenoxy) is 1. The molecule has 2 aromatic rings. The normalized spacial score (nSPS) is 16.4. The summed E-state index contributed by atoms with van der Waals surface area (Å²) < 4.78 is 4.82. The lowest BCUT2D eigenvalue weighted by Crippen LogP contribution is -2.56. The summed E-state index contributed by atoms with van der Waals surface area (Å²) in [6, 6.07) is 8.61. The Labute approximate surface area is 170 Å². The Hall–Kier alpha value is -3.03. The highest BCUT2D eigenvalue weighted by Gasteiger charge is 2.31. The molecule has 1 aliphatic heterocycles. The predicted molar refractivity (Wildman–Crippen MR) is 110 cm³/mol. The average molecular weight is 400 g/mol. The van der Waals surface area contributed by atoms with E-state index in [2.05, 4.69) is 10.3 Å². The van der Waals surface area contributed by atoms with Gasteiger partial charge in [0.15, 0.2) is 0 Å². The average Bonchev–Trinajstić information content (AvgIpc) is 3.20. The molecule has 2 atom stereocenters. The van der Waals surface area contributed by atoms with E-state index in [0.29, 0.717) is 31.9 Å². The summed E-state index contributed by atoms with van der Waals surface area (Å²) in [5.41, 5.74) is 1.47. The maximum atomic E-state index is 12.8. The van der Waals surface area contributed by atoms with Crippen LogP contribution < -0.4 is 5.32 Å². The smallest absolute Gasteiger partial charge is 0.328 e. The van der Waals surface area contributed by atoms with Crippen molar-refractivity contribution in [2.45, 2.75) is 26.3 Å². The topological polar surface area (TPSA) is 94.7 Å². The monoisotopic (exact) mass is 400 g/mol. The van der Waals surface area contributed by atoms with Crippen LogP contribution >= 0.6 is 0 Å². The summed E-state index contributed by atoms with van der Waals surface area (Å²) in [5.74, 6) is -0.551. The second kappa shape index (κ2) is 8.98. The number of nitrogens with one attached hydrogen (secondary N) is 2. The van der Waals surface area contributed by atoms with Crippen LogP contribution in [0.15, 0.2) is 30.3 Å². The fourth-order valence-electron chi connectivity index (χ4n) is 3.49. The van der Waals surface area contributed by atoms with Crippen molar-refractivity contribution in [1.82, 2.24) is 20.1 Å². The number of carbonyl (C=O) groups excluding carboxylic acids is 3. The number of rotatable bonds is 5. The number of hydrogen-bond acceptors (Lipinski definition) is 4. The number of para-hydroxylation sites is 1. The third kappa shape index (κ3) is 4.52. The first kappa shape index (κ1) is 20.7. The van der Waals surface area contributed by atoms with Gasteiger partial charge in [0, 0.05) is 37.1 Å². The number of H-pyrrole nitrogens is 1. The Morgan fingerprint density at radius 2 is 1.79 bits per heavy atom. The van der Waals surface area contributed by atoms with E-state index >= 15 is 0 Å². The zero-order valence-corrected chi connectivity index (χ0v) is 17.1. The SMILES string of the molecule is CC[C@@H](C)[C@@H](NC(=O)N1CCN(C(=O)c2cc3ccccc3[nH]2)CC1)C(=O)OC. The first-order valence-corrected chi connectivity index (χ1v) is 9.94. The fourth-order valence-corrected chi connectivity index (χ4v) is 3.49. The van der Waals surface area contributed by atoms with E-state index < -0.39 is 12.0 Å². The van der Waals surface area contributed by atoms with Gasteiger partial charge in [-0.05, 0) is 18.1 Å². The number of amides is 3. The van der Waals surface area contributed by atoms with Gasteiger partial charge in [0.05, 0.1) is 7.11 Å². The molecule has 1 fully saturated rings. The lowest BCUT2D eigenvalue weighted by atomic mass is 9.99. The molecule has 0 unspecified atom stereocenters. The molecule has 156 valence electrons. The van der Waals surface area contributed by atoms with Crippen LogP contribution in [0.5, 0.6) is 0 Å². The highest BCUT2D eigenvalue weighted by Crippen LogP contribution is 2.17. The quantitative estimate of drug-likeness (QED) is 0.753. The summed E-state index contributed by atoms with van der Waals surface area (Å²) in [6.07, 6.45) is 0.743. The molecule has 0 saturated carbocycles. The van der Waals surface area contributed by atoms with E-state index in [4.69, 9.17) is 4.74 Å². The van der Waals surface area contributed by atoms with Crippen LogP contribution in [0, 0.1) is 5.92 Å². The van der Waals surface area contributed by atoms with Gasteiger partial charge in [0.2, 0.25) is 0 Å². The van der Waals surface area contributed by atoms with Crippen LogP contribution in [-0.4, -0.2) is 72.0 Å². The third-order valence-corrected chi connectivity index (χ3v) is 5.56. The van der Waals surface area contributed by atoms with Gasteiger partial charge in [-0.15, -0.1) is 0 Å². The van der Waals surface area contributed by atoms with Gasteiger partial charge in [-0.25, -0.2) is 9.59 Å². The Bertz CT molecular complexity index is 853. The van der Waals surface area contributed by atoms with Crippen molar-refractivity contribution in [3.05, 3.63) is 36.0 Å². The Kier molecular flexibility index (Phi) is 6.41. The van der Waals surface area contributed by atoms with Crippen molar-refractivity contribution < 1.29 is 19.1 Å². The highest BCUT2D eigenvalue weighted by atomic mass is 16.5. The van der Waals surface area contributed by atoms with Crippen LogP contribution in [0.4, 0.5) is 4.79 Å². The summed E-state index contributed by atoms with van der Waals surface area (Å²) >= 11 is 0. The maximum Gasteiger partial charge on any atom is 0.328 e. The largest absolute Gasteiger partial charge is 0.467 e. The molecule has 0 bridgehead atoms. The summed E-state index contributed by atoms with van der Waals surface area (Å²) in [4.78, 5) is 43.9. The van der Waals surface area contributed by atoms with Gasteiger partial charge in [-0.2, -0.15) is 0 Å². The predicted octanol–water partition coefficient (Wildman–Crippen LogP) is 2.22. The number of benzene rings is 1. The Balaban J connectivity index is 1.58. The molecule has 2 N–H and O–H groups in total. The standard InChI is InChI=1S/C21H28N4O4/c1-4-14(2)18(20(27)29-3)23-21(28)25-11-9-24(10-12-25)19(26)17-13-15-7-5-6-8-16(15)22-17/h5-8,13-14,18,22H,4,9-12H2,1-3H3,(H,23,28)/t14-,18-/m1/s1. The molecule has 1 aliphatic rings. The van der Waals surface area contributed by atoms with Gasteiger partial charge in [0.1, 0.15) is 11.7 Å². The zero-order valence-electron chi connectivity index (χ0n) is 17.1. The van der Waals surface area contributed by atoms with E-state index in [9.17, 15) is 14.4 Å². The number of nitrogens with zero attached hydrogens (tertiary/aromatic N) is 2. The van der Waals surface area contributed by atoms with Crippen molar-refractivity contribution in [3.8, 4) is 0 Å². The van der Waals surface area contributed by atoms with Crippen molar-refractivity contribution in [2.75, 3.05) is 33.3 Å². The van der Waals surface area contributed by atoms with Crippen LogP contribution in [-0.2, 0) is 9.53 Å². The zero-order chi connectivity index (χ0) is 21.0. The summed E-state index contributed by atoms with van der Waals surface area (Å²) in [7, 11) is 1.32. The number of methoxy groups -OCH3 is 1. The lowest BCUT2D eigenvalue weighted by molar-refractivity contribution is -0.144. The molecule has 3 rings (SSSR count). The summed E-state index contributed by atoms with van der Waals surface area (Å²) in [6.45, 7) is 5.56. The lowest BCUT2D eigenvalue weighted by Gasteiger charge is -2.35. The number of fused-ring (bicyclic) bond motifs is 1. The number of hydrogen-bond donors (Lipinski definition) is 2. The van der Waals surface area contributed by atoms with Crippen molar-refractivity contribution in [1.29, 1.82) is 0 Å². The van der Waals surface area contributed by atoms with E-state index in [-0.39, 0.29) is 17.9 Å². The van der Waals surface area contributed by atoms with Gasteiger partial charge in [-0.1, -0.05) is 38.5 Å². The molecule has 8 nitrogen and oxygen atoms in total. The molecule has 29 heavy (non-hydrogen) atoms. The van der Waals surface area contributed by atoms with Crippen molar-refractivity contribution in [2.24, 2.45) is 5.92 Å². The van der Waals surface area contributed by atoms with Crippen LogP contribution in [0.25, 0.3) is 10.9 Å². The molecule has 1 aromatic carbocycles. The van der Waals surface area contributed by atoms with E-state index in [1.54, 1.807) is 9.80 Å².